The molecule has 0 fully saturated rings. The van der Waals surface area contributed by atoms with Crippen molar-refractivity contribution in [3.05, 3.63) is 33.8 Å². The van der Waals surface area contributed by atoms with Crippen molar-refractivity contribution in [2.45, 2.75) is 45.5 Å². The van der Waals surface area contributed by atoms with Crippen LogP contribution in [-0.2, 0) is 11.0 Å². The van der Waals surface area contributed by atoms with Gasteiger partial charge in [0, 0.05) is 5.56 Å². The molecule has 0 aliphatic rings. The van der Waals surface area contributed by atoms with Crippen LogP contribution in [0.5, 0.6) is 0 Å². The fourth-order valence-corrected chi connectivity index (χ4v) is 2.54. The van der Waals surface area contributed by atoms with Gasteiger partial charge >= 0.3 is 0 Å². The summed E-state index contributed by atoms with van der Waals surface area (Å²) < 4.78 is 33.0. The minimum Gasteiger partial charge on any atom is -0.412 e. The van der Waals surface area contributed by atoms with Crippen LogP contribution in [0, 0.1) is 11.6 Å². The zero-order chi connectivity index (χ0) is 14.1. The summed E-state index contributed by atoms with van der Waals surface area (Å²) in [6, 6.07) is 2.24. The van der Waals surface area contributed by atoms with Crippen molar-refractivity contribution in [1.82, 2.24) is 0 Å². The van der Waals surface area contributed by atoms with E-state index in [0.29, 0.717) is 0 Å². The fraction of sp³-hybridized carbons (Fsp3) is 0.538. The van der Waals surface area contributed by atoms with Gasteiger partial charge in [-0.2, -0.15) is 0 Å². The molecule has 5 heteroatoms. The van der Waals surface area contributed by atoms with Gasteiger partial charge in [0.25, 0.3) is 0 Å². The topological polar surface area (TPSA) is 9.23 Å². The second-order valence-electron chi connectivity index (χ2n) is 5.87. The Balaban J connectivity index is 2.91. The van der Waals surface area contributed by atoms with E-state index in [-0.39, 0.29) is 21.7 Å². The predicted molar refractivity (Wildman–Crippen MR) is 76.0 cm³/mol. The summed E-state index contributed by atoms with van der Waals surface area (Å²) in [7, 11) is -1.96. The Kier molecular flexibility index (Phi) is 4.73. The number of hydrogen-bond acceptors (Lipinski definition) is 1. The van der Waals surface area contributed by atoms with Gasteiger partial charge in [-0.1, -0.05) is 20.8 Å². The Hall–Kier alpha value is -0.263. The summed E-state index contributed by atoms with van der Waals surface area (Å²) in [5, 5.41) is 0.0449. The summed E-state index contributed by atoms with van der Waals surface area (Å²) in [6.07, 6.45) is 0. The highest BCUT2D eigenvalue weighted by molar-refractivity contribution is 9.10. The van der Waals surface area contributed by atoms with Gasteiger partial charge in [0.05, 0.1) is 11.1 Å². The Bertz CT molecular complexity index is 441. The quantitative estimate of drug-likeness (QED) is 0.541. The first-order valence-electron chi connectivity index (χ1n) is 5.82. The van der Waals surface area contributed by atoms with E-state index in [1.807, 2.05) is 0 Å². The van der Waals surface area contributed by atoms with Gasteiger partial charge in [-0.15, -0.1) is 0 Å². The molecule has 0 spiro atoms. The summed E-state index contributed by atoms with van der Waals surface area (Å²) >= 11 is 3.07. The third-order valence-corrected chi connectivity index (χ3v) is 8.86. The van der Waals surface area contributed by atoms with Gasteiger partial charge < -0.3 is 4.43 Å². The van der Waals surface area contributed by atoms with Crippen LogP contribution in [0.4, 0.5) is 8.78 Å². The van der Waals surface area contributed by atoms with E-state index >= 15 is 0 Å². The molecular weight excluding hydrogens is 318 g/mol. The van der Waals surface area contributed by atoms with Crippen LogP contribution in [0.3, 0.4) is 0 Å². The normalized spacial score (nSPS) is 12.9. The first-order chi connectivity index (χ1) is 8.06. The average Bonchev–Trinajstić information content (AvgIpc) is 2.22. The van der Waals surface area contributed by atoms with Crippen molar-refractivity contribution in [3.8, 4) is 0 Å². The van der Waals surface area contributed by atoms with E-state index in [1.54, 1.807) is 0 Å². The maximum atomic E-state index is 13.6. The molecule has 0 amide bonds. The smallest absolute Gasteiger partial charge is 0.192 e. The average molecular weight is 337 g/mol. The molecule has 0 aliphatic carbocycles. The highest BCUT2D eigenvalue weighted by atomic mass is 79.9. The van der Waals surface area contributed by atoms with Gasteiger partial charge in [-0.25, -0.2) is 8.78 Å². The van der Waals surface area contributed by atoms with Crippen molar-refractivity contribution in [2.75, 3.05) is 0 Å². The Morgan fingerprint density at radius 3 is 2.17 bits per heavy atom. The second-order valence-corrected chi connectivity index (χ2v) is 11.5. The molecule has 1 aromatic carbocycles. The summed E-state index contributed by atoms with van der Waals surface area (Å²) in [4.78, 5) is 0. The molecule has 0 atom stereocenters. The molecule has 0 aromatic heterocycles. The molecule has 102 valence electrons. The molecule has 0 heterocycles. The highest BCUT2D eigenvalue weighted by Gasteiger charge is 2.37. The molecule has 1 rings (SSSR count). The minimum atomic E-state index is -1.96. The molecule has 0 N–H and O–H groups in total. The van der Waals surface area contributed by atoms with Crippen LogP contribution < -0.4 is 0 Å². The van der Waals surface area contributed by atoms with Gasteiger partial charge in [-0.05, 0) is 46.2 Å². The van der Waals surface area contributed by atoms with Gasteiger partial charge in [0.2, 0.25) is 0 Å². The molecule has 0 unspecified atom stereocenters. The summed E-state index contributed by atoms with van der Waals surface area (Å²) in [5.41, 5.74) is 0.250. The molecule has 0 saturated heterocycles. The minimum absolute atomic E-state index is 0.0449. The van der Waals surface area contributed by atoms with Gasteiger partial charge in [-0.3, -0.25) is 0 Å². The Labute approximate surface area is 117 Å². The van der Waals surface area contributed by atoms with Crippen LogP contribution in [-0.4, -0.2) is 8.32 Å². The lowest BCUT2D eigenvalue weighted by atomic mass is 10.2. The number of rotatable bonds is 3. The maximum absolute atomic E-state index is 13.6. The van der Waals surface area contributed by atoms with Crippen LogP contribution in [0.15, 0.2) is 16.6 Å². The largest absolute Gasteiger partial charge is 0.412 e. The number of halogens is 3. The molecule has 0 radical (unpaired) electrons. The van der Waals surface area contributed by atoms with Crippen molar-refractivity contribution in [2.24, 2.45) is 0 Å². The molecule has 0 aliphatic heterocycles. The monoisotopic (exact) mass is 336 g/mol. The number of benzene rings is 1. The van der Waals surface area contributed by atoms with E-state index in [1.165, 1.54) is 0 Å². The van der Waals surface area contributed by atoms with Crippen LogP contribution >= 0.6 is 15.9 Å². The lowest BCUT2D eigenvalue weighted by Crippen LogP contribution is -2.40. The second kappa shape index (κ2) is 5.39. The number of hydrogen-bond donors (Lipinski definition) is 0. The Morgan fingerprint density at radius 2 is 1.67 bits per heavy atom. The van der Waals surface area contributed by atoms with Crippen molar-refractivity contribution in [3.63, 3.8) is 0 Å². The van der Waals surface area contributed by atoms with Crippen molar-refractivity contribution in [1.29, 1.82) is 0 Å². The molecular formula is C13H19BrF2OSi. The highest BCUT2D eigenvalue weighted by Crippen LogP contribution is 2.37. The first-order valence-corrected chi connectivity index (χ1v) is 9.53. The van der Waals surface area contributed by atoms with Crippen molar-refractivity contribution >= 4 is 24.2 Å². The van der Waals surface area contributed by atoms with E-state index in [2.05, 4.69) is 49.8 Å². The zero-order valence-electron chi connectivity index (χ0n) is 11.4. The fourth-order valence-electron chi connectivity index (χ4n) is 1.17. The lowest BCUT2D eigenvalue weighted by molar-refractivity contribution is 0.269. The molecule has 1 nitrogen and oxygen atoms in total. The standard InChI is InChI=1S/C13H19BrF2OSi/c1-13(2,3)18(4,5)17-8-9-10(15)6-7-11(16)12(9)14/h6-7H,8H2,1-5H3. The van der Waals surface area contributed by atoms with E-state index in [9.17, 15) is 8.78 Å². The van der Waals surface area contributed by atoms with Gasteiger partial charge in [0.1, 0.15) is 11.6 Å². The van der Waals surface area contributed by atoms with E-state index in [0.717, 1.165) is 12.1 Å². The van der Waals surface area contributed by atoms with Crippen LogP contribution in [0.1, 0.15) is 26.3 Å². The van der Waals surface area contributed by atoms with Gasteiger partial charge in [0.15, 0.2) is 8.32 Å². The Morgan fingerprint density at radius 1 is 1.17 bits per heavy atom. The lowest BCUT2D eigenvalue weighted by Gasteiger charge is -2.36. The third-order valence-electron chi connectivity index (χ3n) is 3.52. The SMILES string of the molecule is CC(C)(C)[Si](C)(C)OCc1c(F)ccc(F)c1Br. The first kappa shape index (κ1) is 15.8. The van der Waals surface area contributed by atoms with Crippen LogP contribution in [0.2, 0.25) is 18.1 Å². The molecule has 0 bridgehead atoms. The van der Waals surface area contributed by atoms with Crippen LogP contribution in [0.25, 0.3) is 0 Å². The predicted octanol–water partition coefficient (Wildman–Crippen LogP) is 5.25. The molecule has 0 saturated carbocycles. The van der Waals surface area contributed by atoms with E-state index < -0.39 is 20.0 Å². The maximum Gasteiger partial charge on any atom is 0.192 e. The molecule has 18 heavy (non-hydrogen) atoms. The molecule has 1 aromatic rings. The van der Waals surface area contributed by atoms with E-state index in [4.69, 9.17) is 4.43 Å². The third kappa shape index (κ3) is 3.39. The van der Waals surface area contributed by atoms with Crippen molar-refractivity contribution < 1.29 is 13.2 Å². The zero-order valence-corrected chi connectivity index (χ0v) is 14.0. The summed E-state index contributed by atoms with van der Waals surface area (Å²) in [6.45, 7) is 10.6. The summed E-state index contributed by atoms with van der Waals surface area (Å²) in [5.74, 6) is -0.910.